The molecule has 0 radical (unpaired) electrons. The summed E-state index contributed by atoms with van der Waals surface area (Å²) in [6.45, 7) is 0.603. The van der Waals surface area contributed by atoms with Crippen molar-refractivity contribution < 1.29 is 19.1 Å². The van der Waals surface area contributed by atoms with E-state index >= 15 is 0 Å². The molecule has 118 valence electrons. The van der Waals surface area contributed by atoms with Crippen LogP contribution in [0.5, 0.6) is 0 Å². The molecule has 1 aromatic rings. The van der Waals surface area contributed by atoms with Crippen molar-refractivity contribution in [1.82, 2.24) is 10.6 Å². The summed E-state index contributed by atoms with van der Waals surface area (Å²) in [6.07, 6.45) is 5.32. The standard InChI is InChI=1S/C15H24N2O4/c1-20-10-13(14-3-2-8-21-14)17-15(19)16-12-6-4-11(9-18)5-7-12/h2-3,8,11-13,18H,4-7,9-10H2,1H3,(H2,16,17,19). The van der Waals surface area contributed by atoms with Crippen molar-refractivity contribution in [3.63, 3.8) is 0 Å². The molecule has 1 unspecified atom stereocenters. The highest BCUT2D eigenvalue weighted by molar-refractivity contribution is 5.74. The lowest BCUT2D eigenvalue weighted by atomic mass is 9.87. The van der Waals surface area contributed by atoms with E-state index in [1.807, 2.05) is 6.07 Å². The molecule has 3 N–H and O–H groups in total. The molecule has 21 heavy (non-hydrogen) atoms. The van der Waals surface area contributed by atoms with E-state index < -0.39 is 0 Å². The lowest BCUT2D eigenvalue weighted by molar-refractivity contribution is 0.153. The third-order valence-corrected chi connectivity index (χ3v) is 3.97. The molecule has 2 amide bonds. The van der Waals surface area contributed by atoms with E-state index in [1.165, 1.54) is 0 Å². The van der Waals surface area contributed by atoms with Crippen LogP contribution >= 0.6 is 0 Å². The maximum absolute atomic E-state index is 12.1. The first-order valence-electron chi connectivity index (χ1n) is 7.43. The van der Waals surface area contributed by atoms with Crippen LogP contribution in [-0.4, -0.2) is 37.5 Å². The first-order valence-corrected chi connectivity index (χ1v) is 7.43. The number of aliphatic hydroxyl groups excluding tert-OH is 1. The van der Waals surface area contributed by atoms with Crippen LogP contribution in [0.4, 0.5) is 4.79 Å². The monoisotopic (exact) mass is 296 g/mol. The summed E-state index contributed by atoms with van der Waals surface area (Å²) in [4.78, 5) is 12.1. The molecule has 1 aliphatic rings. The summed E-state index contributed by atoms with van der Waals surface area (Å²) >= 11 is 0. The number of furan rings is 1. The number of carbonyl (C=O) groups excluding carboxylic acids is 1. The fourth-order valence-corrected chi connectivity index (χ4v) is 2.73. The number of hydrogen-bond acceptors (Lipinski definition) is 4. The highest BCUT2D eigenvalue weighted by atomic mass is 16.5. The summed E-state index contributed by atoms with van der Waals surface area (Å²) in [7, 11) is 1.59. The normalized spacial score (nSPS) is 23.5. The predicted octanol–water partition coefficient (Wildman–Crippen LogP) is 1.82. The molecule has 2 rings (SSSR count). The Morgan fingerprint density at radius 3 is 2.81 bits per heavy atom. The van der Waals surface area contributed by atoms with Gasteiger partial charge >= 0.3 is 6.03 Å². The first-order chi connectivity index (χ1) is 10.2. The molecule has 0 aliphatic heterocycles. The number of methoxy groups -OCH3 is 1. The lowest BCUT2D eigenvalue weighted by Crippen LogP contribution is -2.45. The van der Waals surface area contributed by atoms with Crippen LogP contribution in [-0.2, 0) is 4.74 Å². The molecule has 1 aliphatic carbocycles. The minimum atomic E-state index is -0.293. The number of amides is 2. The van der Waals surface area contributed by atoms with E-state index in [0.29, 0.717) is 18.3 Å². The zero-order valence-corrected chi connectivity index (χ0v) is 12.4. The minimum absolute atomic E-state index is 0.174. The summed E-state index contributed by atoms with van der Waals surface area (Å²) in [5.74, 6) is 1.06. The molecular formula is C15H24N2O4. The van der Waals surface area contributed by atoms with Gasteiger partial charge in [0.1, 0.15) is 11.8 Å². The van der Waals surface area contributed by atoms with E-state index in [0.717, 1.165) is 25.7 Å². The van der Waals surface area contributed by atoms with Crippen LogP contribution in [0, 0.1) is 5.92 Å². The Morgan fingerprint density at radius 2 is 2.24 bits per heavy atom. The second-order valence-corrected chi connectivity index (χ2v) is 5.54. The summed E-state index contributed by atoms with van der Waals surface area (Å²) in [5.41, 5.74) is 0. The minimum Gasteiger partial charge on any atom is -0.467 e. The molecule has 0 bridgehead atoms. The second kappa shape index (κ2) is 8.05. The van der Waals surface area contributed by atoms with Gasteiger partial charge in [-0.3, -0.25) is 0 Å². The second-order valence-electron chi connectivity index (χ2n) is 5.54. The Hall–Kier alpha value is -1.53. The highest BCUT2D eigenvalue weighted by Crippen LogP contribution is 2.23. The van der Waals surface area contributed by atoms with Crippen molar-refractivity contribution in [1.29, 1.82) is 0 Å². The predicted molar refractivity (Wildman–Crippen MR) is 77.8 cm³/mol. The summed E-state index contributed by atoms with van der Waals surface area (Å²) in [5, 5.41) is 15.0. The van der Waals surface area contributed by atoms with Gasteiger partial charge in [-0.25, -0.2) is 4.79 Å². The maximum atomic E-state index is 12.1. The van der Waals surface area contributed by atoms with Gasteiger partial charge in [-0.05, 0) is 43.7 Å². The van der Waals surface area contributed by atoms with E-state index in [-0.39, 0.29) is 24.7 Å². The number of hydrogen-bond donors (Lipinski definition) is 3. The van der Waals surface area contributed by atoms with Gasteiger partial charge in [-0.2, -0.15) is 0 Å². The molecule has 0 aromatic carbocycles. The van der Waals surface area contributed by atoms with Gasteiger partial charge in [0.05, 0.1) is 12.9 Å². The zero-order chi connectivity index (χ0) is 15.1. The van der Waals surface area contributed by atoms with Gasteiger partial charge < -0.3 is 24.9 Å². The fraction of sp³-hybridized carbons (Fsp3) is 0.667. The number of carbonyl (C=O) groups is 1. The zero-order valence-electron chi connectivity index (χ0n) is 12.4. The van der Waals surface area contributed by atoms with Crippen LogP contribution in [0.3, 0.4) is 0 Å². The smallest absolute Gasteiger partial charge is 0.315 e. The number of aliphatic hydroxyl groups is 1. The number of urea groups is 1. The average Bonchev–Trinajstić information content (AvgIpc) is 3.02. The molecule has 1 heterocycles. The van der Waals surface area contributed by atoms with Crippen molar-refractivity contribution in [2.24, 2.45) is 5.92 Å². The van der Waals surface area contributed by atoms with E-state index in [1.54, 1.807) is 19.4 Å². The van der Waals surface area contributed by atoms with Gasteiger partial charge in [0.25, 0.3) is 0 Å². The maximum Gasteiger partial charge on any atom is 0.315 e. The third-order valence-electron chi connectivity index (χ3n) is 3.97. The molecule has 6 heteroatoms. The molecule has 1 saturated carbocycles. The Kier molecular flexibility index (Phi) is 6.07. The SMILES string of the molecule is COCC(NC(=O)NC1CCC(CO)CC1)c1ccco1. The molecule has 0 spiro atoms. The lowest BCUT2D eigenvalue weighted by Gasteiger charge is -2.28. The summed E-state index contributed by atoms with van der Waals surface area (Å²) < 4.78 is 10.4. The van der Waals surface area contributed by atoms with Gasteiger partial charge in [0, 0.05) is 19.8 Å². The van der Waals surface area contributed by atoms with Gasteiger partial charge in [-0.1, -0.05) is 0 Å². The molecule has 6 nitrogen and oxygen atoms in total. The van der Waals surface area contributed by atoms with Gasteiger partial charge in [0.2, 0.25) is 0 Å². The first kappa shape index (κ1) is 15.9. The topological polar surface area (TPSA) is 83.7 Å². The number of rotatable bonds is 6. The van der Waals surface area contributed by atoms with E-state index in [2.05, 4.69) is 10.6 Å². The fourth-order valence-electron chi connectivity index (χ4n) is 2.73. The largest absolute Gasteiger partial charge is 0.467 e. The molecule has 1 aromatic heterocycles. The number of nitrogens with one attached hydrogen (secondary N) is 2. The van der Waals surface area contributed by atoms with Crippen molar-refractivity contribution in [3.8, 4) is 0 Å². The van der Waals surface area contributed by atoms with Crippen LogP contribution in [0.1, 0.15) is 37.5 Å². The molecule has 1 atom stereocenters. The third kappa shape index (κ3) is 4.75. The van der Waals surface area contributed by atoms with Gasteiger partial charge in [-0.15, -0.1) is 0 Å². The Bertz CT molecular complexity index is 413. The summed E-state index contributed by atoms with van der Waals surface area (Å²) in [6, 6.07) is 3.27. The van der Waals surface area contributed by atoms with Crippen molar-refractivity contribution >= 4 is 6.03 Å². The van der Waals surface area contributed by atoms with Crippen LogP contribution < -0.4 is 10.6 Å². The van der Waals surface area contributed by atoms with E-state index in [9.17, 15) is 4.79 Å². The number of ether oxygens (including phenoxy) is 1. The van der Waals surface area contributed by atoms with Gasteiger partial charge in [0.15, 0.2) is 0 Å². The Morgan fingerprint density at radius 1 is 1.48 bits per heavy atom. The molecule has 0 saturated heterocycles. The van der Waals surface area contributed by atoms with Crippen LogP contribution in [0.15, 0.2) is 22.8 Å². The van der Waals surface area contributed by atoms with E-state index in [4.69, 9.17) is 14.3 Å². The van der Waals surface area contributed by atoms with Crippen molar-refractivity contribution in [3.05, 3.63) is 24.2 Å². The molecule has 1 fully saturated rings. The quantitative estimate of drug-likeness (QED) is 0.747. The van der Waals surface area contributed by atoms with Crippen molar-refractivity contribution in [2.75, 3.05) is 20.3 Å². The Labute approximate surface area is 124 Å². The molecular weight excluding hydrogens is 272 g/mol. The van der Waals surface area contributed by atoms with Crippen LogP contribution in [0.2, 0.25) is 0 Å². The Balaban J connectivity index is 1.80. The average molecular weight is 296 g/mol. The van der Waals surface area contributed by atoms with Crippen LogP contribution in [0.25, 0.3) is 0 Å². The van der Waals surface area contributed by atoms with Crippen molar-refractivity contribution in [2.45, 2.75) is 37.8 Å². The highest BCUT2D eigenvalue weighted by Gasteiger charge is 2.23.